The van der Waals surface area contributed by atoms with Crippen molar-refractivity contribution < 1.29 is 9.90 Å². The van der Waals surface area contributed by atoms with Crippen molar-refractivity contribution in [2.75, 3.05) is 0 Å². The summed E-state index contributed by atoms with van der Waals surface area (Å²) in [7, 11) is 0. The van der Waals surface area contributed by atoms with E-state index in [4.69, 9.17) is 5.11 Å². The van der Waals surface area contributed by atoms with Crippen molar-refractivity contribution in [2.45, 2.75) is 73.6 Å². The molecule has 0 fully saturated rings. The van der Waals surface area contributed by atoms with Crippen LogP contribution in [0.2, 0.25) is 0 Å². The maximum atomic E-state index is 11.1. The number of carboxylic acids is 1. The van der Waals surface area contributed by atoms with E-state index in [0.29, 0.717) is 12.0 Å². The highest BCUT2D eigenvalue weighted by Gasteiger charge is 2.06. The van der Waals surface area contributed by atoms with Crippen LogP contribution < -0.4 is 0 Å². The third kappa shape index (κ3) is 10.8. The number of hydrogen-bond donors (Lipinski definition) is 1. The van der Waals surface area contributed by atoms with E-state index in [1.165, 1.54) is 16.7 Å². The summed E-state index contributed by atoms with van der Waals surface area (Å²) >= 11 is 0. The Balaban J connectivity index is 4.45. The molecule has 2 nitrogen and oxygen atoms in total. The van der Waals surface area contributed by atoms with Crippen LogP contribution in [0.1, 0.15) is 73.6 Å². The molecular formula is C22H34O2. The Morgan fingerprint density at radius 2 is 1.50 bits per heavy atom. The standard InChI is InChI=1S/C22H34O2/c1-7-21(22(23)24)20(6)16-10-15-19(5)14-9-13-18(4)12-8-11-17(2)3/h10-11,13,15-16H,7-9,12,14H2,1-6H3,(H,23,24)/b16-10+,18-13+,19-15+,21-20+. The molecule has 0 bridgehead atoms. The van der Waals surface area contributed by atoms with Crippen molar-refractivity contribution in [1.29, 1.82) is 0 Å². The number of rotatable bonds is 10. The van der Waals surface area contributed by atoms with Gasteiger partial charge in [0.25, 0.3) is 0 Å². The van der Waals surface area contributed by atoms with Gasteiger partial charge in [-0.05, 0) is 72.3 Å². The average molecular weight is 331 g/mol. The lowest BCUT2D eigenvalue weighted by atomic mass is 10.1. The van der Waals surface area contributed by atoms with E-state index in [0.717, 1.165) is 31.3 Å². The van der Waals surface area contributed by atoms with Gasteiger partial charge >= 0.3 is 5.97 Å². The molecule has 0 aliphatic carbocycles. The predicted octanol–water partition coefficient (Wildman–Crippen LogP) is 6.77. The van der Waals surface area contributed by atoms with Gasteiger partial charge in [0, 0.05) is 5.57 Å². The van der Waals surface area contributed by atoms with Crippen molar-refractivity contribution in [3.05, 3.63) is 58.2 Å². The molecule has 1 N–H and O–H groups in total. The first-order valence-corrected chi connectivity index (χ1v) is 8.83. The minimum Gasteiger partial charge on any atom is -0.478 e. The molecule has 0 saturated carbocycles. The van der Waals surface area contributed by atoms with Crippen LogP contribution in [0.4, 0.5) is 0 Å². The van der Waals surface area contributed by atoms with Gasteiger partial charge in [0.05, 0.1) is 0 Å². The number of aliphatic carboxylic acids is 1. The zero-order valence-electron chi connectivity index (χ0n) is 16.3. The van der Waals surface area contributed by atoms with Crippen LogP contribution in [0.25, 0.3) is 0 Å². The van der Waals surface area contributed by atoms with Crippen molar-refractivity contribution in [2.24, 2.45) is 0 Å². The first-order chi connectivity index (χ1) is 11.3. The van der Waals surface area contributed by atoms with Crippen molar-refractivity contribution in [3.8, 4) is 0 Å². The second kappa shape index (κ2) is 12.6. The molecule has 0 aromatic rings. The molecular weight excluding hydrogens is 296 g/mol. The molecule has 0 aliphatic heterocycles. The molecule has 0 aromatic heterocycles. The van der Waals surface area contributed by atoms with Crippen molar-refractivity contribution in [1.82, 2.24) is 0 Å². The number of carboxylic acid groups (broad SMARTS) is 1. The van der Waals surface area contributed by atoms with Crippen LogP contribution in [-0.4, -0.2) is 11.1 Å². The Morgan fingerprint density at radius 3 is 2.04 bits per heavy atom. The molecule has 24 heavy (non-hydrogen) atoms. The quantitative estimate of drug-likeness (QED) is 0.272. The van der Waals surface area contributed by atoms with Crippen molar-refractivity contribution in [3.63, 3.8) is 0 Å². The SMILES string of the molecule is CC\C(C(=O)O)=C(C)/C=C/C=C(\C)CC/C=C(\C)CCC=C(C)C. The number of allylic oxidation sites excluding steroid dienone is 9. The van der Waals surface area contributed by atoms with Gasteiger partial charge in [-0.2, -0.15) is 0 Å². The monoisotopic (exact) mass is 330 g/mol. The fourth-order valence-electron chi connectivity index (χ4n) is 2.38. The summed E-state index contributed by atoms with van der Waals surface area (Å²) < 4.78 is 0. The molecule has 0 heterocycles. The third-order valence-corrected chi connectivity index (χ3v) is 3.94. The smallest absolute Gasteiger partial charge is 0.331 e. The summed E-state index contributed by atoms with van der Waals surface area (Å²) in [4.78, 5) is 11.1. The Morgan fingerprint density at radius 1 is 0.917 bits per heavy atom. The Kier molecular flexibility index (Phi) is 11.6. The Bertz CT molecular complexity index is 551. The van der Waals surface area contributed by atoms with Crippen LogP contribution in [0.3, 0.4) is 0 Å². The van der Waals surface area contributed by atoms with Crippen LogP contribution in [0.15, 0.2) is 58.2 Å². The zero-order valence-corrected chi connectivity index (χ0v) is 16.3. The van der Waals surface area contributed by atoms with E-state index < -0.39 is 5.97 Å². The highest BCUT2D eigenvalue weighted by Crippen LogP contribution is 2.13. The fourth-order valence-corrected chi connectivity index (χ4v) is 2.38. The molecule has 0 spiro atoms. The molecule has 0 unspecified atom stereocenters. The van der Waals surface area contributed by atoms with E-state index in [9.17, 15) is 4.79 Å². The summed E-state index contributed by atoms with van der Waals surface area (Å²) in [6, 6.07) is 0. The normalized spacial score (nSPS) is 13.9. The molecule has 0 rings (SSSR count). The summed E-state index contributed by atoms with van der Waals surface area (Å²) in [5.41, 5.74) is 5.44. The van der Waals surface area contributed by atoms with E-state index in [1.807, 2.05) is 26.0 Å². The van der Waals surface area contributed by atoms with Crippen LogP contribution in [0.5, 0.6) is 0 Å². The van der Waals surface area contributed by atoms with Gasteiger partial charge in [-0.25, -0.2) is 4.79 Å². The van der Waals surface area contributed by atoms with Gasteiger partial charge in [-0.3, -0.25) is 0 Å². The van der Waals surface area contributed by atoms with Crippen molar-refractivity contribution >= 4 is 5.97 Å². The van der Waals surface area contributed by atoms with Gasteiger partial charge in [0.15, 0.2) is 0 Å². The summed E-state index contributed by atoms with van der Waals surface area (Å²) in [5, 5.41) is 9.09. The minimum absolute atomic E-state index is 0.479. The summed E-state index contributed by atoms with van der Waals surface area (Å²) in [6.45, 7) is 12.3. The van der Waals surface area contributed by atoms with E-state index in [2.05, 4.69) is 45.9 Å². The highest BCUT2D eigenvalue weighted by atomic mass is 16.4. The second-order valence-corrected chi connectivity index (χ2v) is 6.60. The van der Waals surface area contributed by atoms with Gasteiger partial charge in [-0.15, -0.1) is 0 Å². The third-order valence-electron chi connectivity index (χ3n) is 3.94. The van der Waals surface area contributed by atoms with E-state index in [1.54, 1.807) is 0 Å². The lowest BCUT2D eigenvalue weighted by Crippen LogP contribution is -2.01. The molecule has 2 heteroatoms. The maximum absolute atomic E-state index is 11.1. The molecule has 0 amide bonds. The van der Waals surface area contributed by atoms with Gasteiger partial charge in [-0.1, -0.05) is 54.0 Å². The topological polar surface area (TPSA) is 37.3 Å². The lowest BCUT2D eigenvalue weighted by molar-refractivity contribution is -0.132. The lowest BCUT2D eigenvalue weighted by Gasteiger charge is -2.01. The average Bonchev–Trinajstić information content (AvgIpc) is 2.47. The van der Waals surface area contributed by atoms with Gasteiger partial charge in [0.1, 0.15) is 0 Å². The highest BCUT2D eigenvalue weighted by molar-refractivity contribution is 5.87. The Hall–Kier alpha value is -1.83. The number of carbonyl (C=O) groups is 1. The fraction of sp³-hybridized carbons (Fsp3) is 0.500. The first kappa shape index (κ1) is 22.2. The Labute approximate surface area is 148 Å². The number of hydrogen-bond acceptors (Lipinski definition) is 1. The first-order valence-electron chi connectivity index (χ1n) is 8.83. The van der Waals surface area contributed by atoms with Gasteiger partial charge in [0.2, 0.25) is 0 Å². The van der Waals surface area contributed by atoms with Crippen LogP contribution in [-0.2, 0) is 4.79 Å². The minimum atomic E-state index is -0.825. The molecule has 0 radical (unpaired) electrons. The van der Waals surface area contributed by atoms with Crippen LogP contribution >= 0.6 is 0 Å². The largest absolute Gasteiger partial charge is 0.478 e. The second-order valence-electron chi connectivity index (χ2n) is 6.60. The molecule has 134 valence electrons. The zero-order chi connectivity index (χ0) is 18.5. The summed E-state index contributed by atoms with van der Waals surface area (Å²) in [6.07, 6.45) is 15.4. The predicted molar refractivity (Wildman–Crippen MR) is 105 cm³/mol. The van der Waals surface area contributed by atoms with Gasteiger partial charge < -0.3 is 5.11 Å². The molecule has 0 atom stereocenters. The molecule has 0 saturated heterocycles. The maximum Gasteiger partial charge on any atom is 0.331 e. The molecule has 0 aromatic carbocycles. The van der Waals surface area contributed by atoms with E-state index >= 15 is 0 Å². The summed E-state index contributed by atoms with van der Waals surface area (Å²) in [5.74, 6) is -0.825. The van der Waals surface area contributed by atoms with Crippen LogP contribution in [0, 0.1) is 0 Å². The molecule has 0 aliphatic rings. The van der Waals surface area contributed by atoms with E-state index in [-0.39, 0.29) is 0 Å².